The molecule has 0 aromatic heterocycles. The van der Waals surface area contributed by atoms with Crippen LogP contribution in [0.2, 0.25) is 0 Å². The van der Waals surface area contributed by atoms with Gasteiger partial charge in [0.2, 0.25) is 5.91 Å². The third kappa shape index (κ3) is 3.34. The molecule has 6 heteroatoms. The number of halogens is 2. The van der Waals surface area contributed by atoms with Crippen LogP contribution in [0, 0.1) is 23.0 Å². The van der Waals surface area contributed by atoms with Gasteiger partial charge in [0.15, 0.2) is 0 Å². The summed E-state index contributed by atoms with van der Waals surface area (Å²) in [5.74, 6) is -1.79. The molecule has 3 N–H and O–H groups in total. The fraction of sp³-hybridized carbons (Fsp3) is 0.0667. The van der Waals surface area contributed by atoms with Crippen molar-refractivity contribution < 1.29 is 13.6 Å². The molecule has 1 amide bonds. The Bertz CT molecular complexity index is 708. The first kappa shape index (κ1) is 14.5. The summed E-state index contributed by atoms with van der Waals surface area (Å²) in [6, 6.07) is 9.79. The summed E-state index contributed by atoms with van der Waals surface area (Å²) < 4.78 is 26.2. The summed E-state index contributed by atoms with van der Waals surface area (Å²) in [5, 5.41) is 11.6. The van der Waals surface area contributed by atoms with Crippen molar-refractivity contribution in [2.24, 2.45) is 5.73 Å². The molecular formula is C15H11F2N3O. The van der Waals surface area contributed by atoms with E-state index in [1.807, 2.05) is 0 Å². The zero-order valence-electron chi connectivity index (χ0n) is 10.8. The lowest BCUT2D eigenvalue weighted by molar-refractivity contribution is -0.118. The Balaban J connectivity index is 2.33. The number of primary amides is 1. The van der Waals surface area contributed by atoms with Crippen LogP contribution in [0.15, 0.2) is 42.5 Å². The number of carbonyl (C=O) groups is 1. The maximum absolute atomic E-state index is 13.3. The molecule has 4 nitrogen and oxygen atoms in total. The van der Waals surface area contributed by atoms with Crippen molar-refractivity contribution in [1.29, 1.82) is 5.26 Å². The largest absolute Gasteiger partial charge is 0.370 e. The zero-order chi connectivity index (χ0) is 15.4. The summed E-state index contributed by atoms with van der Waals surface area (Å²) in [6.07, 6.45) is 0. The van der Waals surface area contributed by atoms with Gasteiger partial charge in [0.1, 0.15) is 23.7 Å². The predicted molar refractivity (Wildman–Crippen MR) is 73.1 cm³/mol. The standard InChI is InChI=1S/C15H11F2N3O/c16-11-2-4-12(5-3-11)20-14(15(19)21)9-1-6-13(17)10(7-9)8-18/h1-7,14,20H,(H2,19,21). The van der Waals surface area contributed by atoms with Gasteiger partial charge in [-0.3, -0.25) is 4.79 Å². The summed E-state index contributed by atoms with van der Waals surface area (Å²) in [7, 11) is 0. The number of carbonyl (C=O) groups excluding carboxylic acids is 1. The van der Waals surface area contributed by atoms with Crippen LogP contribution in [0.25, 0.3) is 0 Å². The molecule has 2 aromatic carbocycles. The highest BCUT2D eigenvalue weighted by Gasteiger charge is 2.19. The van der Waals surface area contributed by atoms with Gasteiger partial charge in [-0.2, -0.15) is 5.26 Å². The SMILES string of the molecule is N#Cc1cc(C(Nc2ccc(F)cc2)C(N)=O)ccc1F. The molecule has 0 saturated heterocycles. The minimum absolute atomic E-state index is 0.181. The molecule has 0 fully saturated rings. The first-order chi connectivity index (χ1) is 10.0. The van der Waals surface area contributed by atoms with Crippen molar-refractivity contribution in [2.75, 3.05) is 5.32 Å². The fourth-order valence-corrected chi connectivity index (χ4v) is 1.84. The highest BCUT2D eigenvalue weighted by Crippen LogP contribution is 2.21. The zero-order valence-corrected chi connectivity index (χ0v) is 10.8. The van der Waals surface area contributed by atoms with E-state index in [1.54, 1.807) is 6.07 Å². The Hall–Kier alpha value is -2.94. The van der Waals surface area contributed by atoms with Gasteiger partial charge in [-0.05, 0) is 42.0 Å². The molecule has 106 valence electrons. The van der Waals surface area contributed by atoms with Crippen molar-refractivity contribution in [2.45, 2.75) is 6.04 Å². The molecule has 0 aliphatic heterocycles. The van der Waals surface area contributed by atoms with E-state index in [0.717, 1.165) is 6.07 Å². The van der Waals surface area contributed by atoms with Gasteiger partial charge < -0.3 is 11.1 Å². The number of hydrogen-bond acceptors (Lipinski definition) is 3. The van der Waals surface area contributed by atoms with Gasteiger partial charge in [-0.1, -0.05) is 6.07 Å². The lowest BCUT2D eigenvalue weighted by atomic mass is 10.0. The molecule has 0 bridgehead atoms. The third-order valence-corrected chi connectivity index (χ3v) is 2.88. The van der Waals surface area contributed by atoms with Crippen molar-refractivity contribution >= 4 is 11.6 Å². The maximum atomic E-state index is 13.3. The van der Waals surface area contributed by atoms with E-state index < -0.39 is 23.6 Å². The molecule has 21 heavy (non-hydrogen) atoms. The Morgan fingerprint density at radius 3 is 2.43 bits per heavy atom. The first-order valence-corrected chi connectivity index (χ1v) is 6.02. The van der Waals surface area contributed by atoms with Crippen LogP contribution < -0.4 is 11.1 Å². The molecule has 0 heterocycles. The van der Waals surface area contributed by atoms with Crippen LogP contribution in [-0.4, -0.2) is 5.91 Å². The molecule has 1 unspecified atom stereocenters. The average molecular weight is 287 g/mol. The second-order valence-corrected chi connectivity index (χ2v) is 4.34. The van der Waals surface area contributed by atoms with Gasteiger partial charge in [0.05, 0.1) is 5.56 Å². The summed E-state index contributed by atoms with van der Waals surface area (Å²) >= 11 is 0. The monoisotopic (exact) mass is 287 g/mol. The molecule has 2 rings (SSSR count). The van der Waals surface area contributed by atoms with E-state index >= 15 is 0 Å². The van der Waals surface area contributed by atoms with E-state index in [0.29, 0.717) is 11.3 Å². The van der Waals surface area contributed by atoms with E-state index in [1.165, 1.54) is 36.4 Å². The molecule has 0 spiro atoms. The number of nitriles is 1. The number of anilines is 1. The lowest BCUT2D eigenvalue weighted by Gasteiger charge is -2.17. The van der Waals surface area contributed by atoms with E-state index in [9.17, 15) is 13.6 Å². The van der Waals surface area contributed by atoms with E-state index in [-0.39, 0.29) is 5.56 Å². The minimum atomic E-state index is -0.955. The summed E-state index contributed by atoms with van der Waals surface area (Å²) in [5.41, 5.74) is 5.97. The fourth-order valence-electron chi connectivity index (χ4n) is 1.84. The second-order valence-electron chi connectivity index (χ2n) is 4.34. The number of rotatable bonds is 4. The third-order valence-electron chi connectivity index (χ3n) is 2.88. The summed E-state index contributed by atoms with van der Waals surface area (Å²) in [4.78, 5) is 11.6. The van der Waals surface area contributed by atoms with E-state index in [2.05, 4.69) is 5.32 Å². The highest BCUT2D eigenvalue weighted by atomic mass is 19.1. The predicted octanol–water partition coefficient (Wildman–Crippen LogP) is 2.47. The van der Waals surface area contributed by atoms with Crippen LogP contribution in [0.5, 0.6) is 0 Å². The van der Waals surface area contributed by atoms with Crippen molar-refractivity contribution in [3.63, 3.8) is 0 Å². The van der Waals surface area contributed by atoms with Crippen molar-refractivity contribution in [3.05, 3.63) is 65.2 Å². The number of benzene rings is 2. The van der Waals surface area contributed by atoms with Crippen LogP contribution in [0.4, 0.5) is 14.5 Å². The van der Waals surface area contributed by atoms with Crippen molar-refractivity contribution in [3.8, 4) is 6.07 Å². The smallest absolute Gasteiger partial charge is 0.244 e. The van der Waals surface area contributed by atoms with Crippen LogP contribution in [0.3, 0.4) is 0 Å². The molecule has 0 saturated carbocycles. The Kier molecular flexibility index (Phi) is 4.14. The maximum Gasteiger partial charge on any atom is 0.244 e. The van der Waals surface area contributed by atoms with E-state index in [4.69, 9.17) is 11.0 Å². The number of nitrogens with one attached hydrogen (secondary N) is 1. The molecule has 0 aliphatic rings. The van der Waals surface area contributed by atoms with Gasteiger partial charge >= 0.3 is 0 Å². The Morgan fingerprint density at radius 1 is 1.19 bits per heavy atom. The number of nitrogens with zero attached hydrogens (tertiary/aromatic N) is 1. The Morgan fingerprint density at radius 2 is 1.86 bits per heavy atom. The minimum Gasteiger partial charge on any atom is -0.370 e. The number of nitrogens with two attached hydrogens (primary N) is 1. The second kappa shape index (κ2) is 6.01. The first-order valence-electron chi connectivity index (χ1n) is 6.02. The number of hydrogen-bond donors (Lipinski definition) is 2. The molecule has 0 aliphatic carbocycles. The summed E-state index contributed by atoms with van der Waals surface area (Å²) in [6.45, 7) is 0. The van der Waals surface area contributed by atoms with Crippen LogP contribution >= 0.6 is 0 Å². The molecular weight excluding hydrogens is 276 g/mol. The molecule has 1 atom stereocenters. The van der Waals surface area contributed by atoms with Gasteiger partial charge in [-0.25, -0.2) is 8.78 Å². The lowest BCUT2D eigenvalue weighted by Crippen LogP contribution is -2.27. The van der Waals surface area contributed by atoms with Crippen LogP contribution in [0.1, 0.15) is 17.2 Å². The van der Waals surface area contributed by atoms with Gasteiger partial charge in [0, 0.05) is 5.69 Å². The normalized spacial score (nSPS) is 11.5. The topological polar surface area (TPSA) is 78.9 Å². The molecule has 2 aromatic rings. The molecule has 0 radical (unpaired) electrons. The average Bonchev–Trinajstić information content (AvgIpc) is 2.47. The Labute approximate surface area is 119 Å². The number of amides is 1. The van der Waals surface area contributed by atoms with Gasteiger partial charge in [-0.15, -0.1) is 0 Å². The van der Waals surface area contributed by atoms with Crippen LogP contribution in [-0.2, 0) is 4.79 Å². The highest BCUT2D eigenvalue weighted by molar-refractivity contribution is 5.84. The van der Waals surface area contributed by atoms with Crippen molar-refractivity contribution in [1.82, 2.24) is 0 Å². The van der Waals surface area contributed by atoms with Gasteiger partial charge in [0.25, 0.3) is 0 Å². The quantitative estimate of drug-likeness (QED) is 0.906.